The summed E-state index contributed by atoms with van der Waals surface area (Å²) in [6, 6.07) is 41.2. The summed E-state index contributed by atoms with van der Waals surface area (Å²) in [5.74, 6) is 0.880. The van der Waals surface area contributed by atoms with Crippen molar-refractivity contribution in [2.75, 3.05) is 0 Å². The summed E-state index contributed by atoms with van der Waals surface area (Å²) in [5, 5.41) is 4.20. The van der Waals surface area contributed by atoms with Gasteiger partial charge in [-0.3, -0.25) is 0 Å². The predicted octanol–water partition coefficient (Wildman–Crippen LogP) is 12.3. The van der Waals surface area contributed by atoms with E-state index in [-0.39, 0.29) is 20.1 Å². The zero-order valence-electron chi connectivity index (χ0n) is 30.5. The predicted molar refractivity (Wildman–Crippen MR) is 221 cm³/mol. The second-order valence-corrected chi connectivity index (χ2v) is 21.4. The number of aryl methyl sites for hydroxylation is 1. The van der Waals surface area contributed by atoms with Crippen LogP contribution in [0, 0.1) is 18.1 Å². The Morgan fingerprint density at radius 2 is 1.60 bits per heavy atom. The molecular formula is C47H46IrN2SSi-2. The number of nitrogens with zero attached hydrogens (tertiary/aromatic N) is 2. The van der Waals surface area contributed by atoms with E-state index in [4.69, 9.17) is 9.97 Å². The first kappa shape index (κ1) is 36.6. The smallest absolute Gasteiger partial charge is 0.0798 e. The summed E-state index contributed by atoms with van der Waals surface area (Å²) in [6.07, 6.45) is 15.9. The van der Waals surface area contributed by atoms with Gasteiger partial charge in [0.05, 0.1) is 8.07 Å². The largest absolute Gasteiger partial charge is 0.305 e. The van der Waals surface area contributed by atoms with Gasteiger partial charge in [-0.1, -0.05) is 116 Å². The number of thiophene rings is 1. The van der Waals surface area contributed by atoms with Crippen molar-refractivity contribution < 1.29 is 20.1 Å². The minimum Gasteiger partial charge on any atom is -0.305 e. The van der Waals surface area contributed by atoms with Gasteiger partial charge in [-0.05, 0) is 87.9 Å². The first-order valence-corrected chi connectivity index (χ1v) is 23.1. The number of benzene rings is 4. The standard InChI is InChI=1S/C27H20NS.C20H26NSi.Ir/c1-2-8-18(9-3-1)20-12-7-15-24-25(20)22-13-6-14-23(27(22)29-24)26-21-11-5-4-10-19(21)16-17-28-26;1-22(2,3)20-15-21-19(17-11-5-4-6-12-17)14-18(20)13-16-9-7-8-10-16;/h1-3,6-9,12-13,15-17H,4-5,10-11H2;4-6,11,14-16H,7-10,13H2,1-3H3;/q2*-1;. The van der Waals surface area contributed by atoms with E-state index in [1.54, 1.807) is 10.8 Å². The van der Waals surface area contributed by atoms with Gasteiger partial charge in [-0.25, -0.2) is 0 Å². The third kappa shape index (κ3) is 7.66. The van der Waals surface area contributed by atoms with Gasteiger partial charge in [0.15, 0.2) is 0 Å². The molecule has 0 saturated heterocycles. The second-order valence-electron chi connectivity index (χ2n) is 15.4. The van der Waals surface area contributed by atoms with E-state index in [1.807, 2.05) is 29.7 Å². The Morgan fingerprint density at radius 3 is 2.38 bits per heavy atom. The van der Waals surface area contributed by atoms with Gasteiger partial charge in [0.1, 0.15) is 0 Å². The fourth-order valence-electron chi connectivity index (χ4n) is 8.27. The van der Waals surface area contributed by atoms with Crippen molar-refractivity contribution in [3.8, 4) is 33.6 Å². The van der Waals surface area contributed by atoms with Crippen LogP contribution in [0.15, 0.2) is 109 Å². The normalized spacial score (nSPS) is 14.4. The van der Waals surface area contributed by atoms with Crippen molar-refractivity contribution in [2.45, 2.75) is 77.4 Å². The summed E-state index contributed by atoms with van der Waals surface area (Å²) >= 11 is 1.87. The molecule has 2 nitrogen and oxygen atoms in total. The zero-order chi connectivity index (χ0) is 34.8. The fraction of sp³-hybridized carbons (Fsp3) is 0.277. The van der Waals surface area contributed by atoms with E-state index in [1.165, 1.54) is 99.4 Å². The number of aromatic nitrogens is 2. The van der Waals surface area contributed by atoms with Crippen molar-refractivity contribution in [1.82, 2.24) is 9.97 Å². The van der Waals surface area contributed by atoms with Crippen molar-refractivity contribution in [3.63, 3.8) is 0 Å². The Bertz CT molecular complexity index is 2290. The molecule has 0 N–H and O–H groups in total. The van der Waals surface area contributed by atoms with Crippen molar-refractivity contribution >= 4 is 44.8 Å². The molecule has 7 aromatic rings. The molecule has 0 unspecified atom stereocenters. The van der Waals surface area contributed by atoms with Gasteiger partial charge in [-0.15, -0.1) is 59.7 Å². The van der Waals surface area contributed by atoms with Gasteiger partial charge in [0.2, 0.25) is 0 Å². The van der Waals surface area contributed by atoms with Gasteiger partial charge < -0.3 is 9.97 Å². The topological polar surface area (TPSA) is 25.8 Å². The van der Waals surface area contributed by atoms with E-state index in [0.717, 1.165) is 29.3 Å². The summed E-state index contributed by atoms with van der Waals surface area (Å²) in [4.78, 5) is 9.59. The number of fused-ring (bicyclic) bond motifs is 4. The summed E-state index contributed by atoms with van der Waals surface area (Å²) in [7, 11) is -1.35. The van der Waals surface area contributed by atoms with Crippen LogP contribution in [0.1, 0.15) is 55.2 Å². The molecule has 2 aliphatic rings. The number of hydrogen-bond donors (Lipinski definition) is 0. The summed E-state index contributed by atoms with van der Waals surface area (Å²) in [5.41, 5.74) is 11.5. The molecule has 4 aromatic carbocycles. The molecule has 265 valence electrons. The maximum atomic E-state index is 4.84. The Hall–Kier alpha value is -3.73. The van der Waals surface area contributed by atoms with Crippen molar-refractivity contribution in [1.29, 1.82) is 0 Å². The third-order valence-corrected chi connectivity index (χ3v) is 14.1. The molecule has 9 rings (SSSR count). The Labute approximate surface area is 328 Å². The maximum Gasteiger partial charge on any atom is 0.0798 e. The molecule has 1 radical (unpaired) electrons. The van der Waals surface area contributed by atoms with E-state index in [0.29, 0.717) is 0 Å². The van der Waals surface area contributed by atoms with Gasteiger partial charge in [0.25, 0.3) is 0 Å². The second kappa shape index (κ2) is 16.1. The molecule has 3 aromatic heterocycles. The van der Waals surface area contributed by atoms with Crippen molar-refractivity contribution in [2.24, 2.45) is 5.92 Å². The van der Waals surface area contributed by atoms with Gasteiger partial charge in [0, 0.05) is 37.2 Å². The molecular weight excluding hydrogens is 845 g/mol. The molecule has 1 fully saturated rings. The third-order valence-electron chi connectivity index (χ3n) is 10.8. The molecule has 0 aliphatic heterocycles. The fourth-order valence-corrected chi connectivity index (χ4v) is 11.1. The number of hydrogen-bond acceptors (Lipinski definition) is 3. The average Bonchev–Trinajstić information content (AvgIpc) is 3.83. The van der Waals surface area contributed by atoms with Crippen LogP contribution in [0.2, 0.25) is 19.6 Å². The van der Waals surface area contributed by atoms with E-state index in [9.17, 15) is 0 Å². The van der Waals surface area contributed by atoms with E-state index < -0.39 is 8.07 Å². The molecule has 0 atom stereocenters. The molecule has 1 saturated carbocycles. The maximum absolute atomic E-state index is 4.84. The van der Waals surface area contributed by atoms with Crippen LogP contribution in [0.4, 0.5) is 0 Å². The van der Waals surface area contributed by atoms with Crippen LogP contribution < -0.4 is 5.19 Å². The molecule has 0 amide bonds. The minimum atomic E-state index is -1.35. The molecule has 52 heavy (non-hydrogen) atoms. The Kier molecular flexibility index (Phi) is 11.3. The van der Waals surface area contributed by atoms with Crippen molar-refractivity contribution in [3.05, 3.63) is 138 Å². The van der Waals surface area contributed by atoms with Gasteiger partial charge in [-0.2, -0.15) is 11.3 Å². The number of rotatable bonds is 6. The average molecular weight is 891 g/mol. The van der Waals surface area contributed by atoms with Gasteiger partial charge >= 0.3 is 0 Å². The van der Waals surface area contributed by atoms with Crippen LogP contribution in [0.25, 0.3) is 53.8 Å². The van der Waals surface area contributed by atoms with Crippen LogP contribution in [-0.4, -0.2) is 18.0 Å². The molecule has 5 heteroatoms. The zero-order valence-corrected chi connectivity index (χ0v) is 34.7. The minimum absolute atomic E-state index is 0. The first-order valence-electron chi connectivity index (χ1n) is 18.8. The van der Waals surface area contributed by atoms with Crippen LogP contribution in [0.5, 0.6) is 0 Å². The first-order chi connectivity index (χ1) is 24.9. The summed E-state index contributed by atoms with van der Waals surface area (Å²) < 4.78 is 2.63. The van der Waals surface area contributed by atoms with E-state index >= 15 is 0 Å². The quantitative estimate of drug-likeness (QED) is 0.123. The SMILES string of the molecule is C[Si](C)(C)c1cnc(-c2[c-]cccc2)cc1CC1CCCC1.[Ir].[c-]1ccc2c(sc3cccc(-c4ccccc4)c32)c1-c1nccc2c1CCCC2. The Balaban J connectivity index is 0.000000165. The monoisotopic (exact) mass is 891 g/mol. The summed E-state index contributed by atoms with van der Waals surface area (Å²) in [6.45, 7) is 7.28. The van der Waals surface area contributed by atoms with Crippen LogP contribution in [-0.2, 0) is 39.4 Å². The number of pyridine rings is 2. The van der Waals surface area contributed by atoms with Crippen LogP contribution in [0.3, 0.4) is 0 Å². The molecule has 0 bridgehead atoms. The van der Waals surface area contributed by atoms with Crippen LogP contribution >= 0.6 is 11.3 Å². The Morgan fingerprint density at radius 1 is 0.788 bits per heavy atom. The molecule has 2 aliphatic carbocycles. The molecule has 0 spiro atoms. The van der Waals surface area contributed by atoms with E-state index in [2.05, 4.69) is 123 Å². The molecule has 3 heterocycles.